The number of nitrogens with zero attached hydrogens (tertiary/aromatic N) is 2. The lowest BCUT2D eigenvalue weighted by molar-refractivity contribution is 0.102. The monoisotopic (exact) mass is 302 g/mol. The number of aromatic nitrogens is 2. The Hall–Kier alpha value is -2.67. The molecule has 2 aromatic rings. The van der Waals surface area contributed by atoms with Crippen molar-refractivity contribution in [3.63, 3.8) is 0 Å². The molecule has 0 radical (unpaired) electrons. The van der Waals surface area contributed by atoms with Crippen molar-refractivity contribution >= 4 is 17.5 Å². The zero-order valence-corrected chi connectivity index (χ0v) is 12.5. The van der Waals surface area contributed by atoms with E-state index in [0.29, 0.717) is 30.5 Å². The van der Waals surface area contributed by atoms with Gasteiger partial charge in [-0.2, -0.15) is 0 Å². The molecule has 7 heteroatoms. The molecule has 0 saturated carbocycles. The summed E-state index contributed by atoms with van der Waals surface area (Å²) in [7, 11) is 3.18. The summed E-state index contributed by atoms with van der Waals surface area (Å²) in [6.07, 6.45) is 1.53. The van der Waals surface area contributed by atoms with Gasteiger partial charge in [-0.25, -0.2) is 9.97 Å². The Labute approximate surface area is 128 Å². The Balaban J connectivity index is 2.03. The topological polar surface area (TPSA) is 85.4 Å². The minimum atomic E-state index is -0.314. The first-order valence-corrected chi connectivity index (χ1v) is 6.74. The highest BCUT2D eigenvalue weighted by Gasteiger charge is 2.09. The lowest BCUT2D eigenvalue weighted by atomic mass is 10.3. The van der Waals surface area contributed by atoms with Gasteiger partial charge in [0.05, 0.1) is 13.7 Å². The van der Waals surface area contributed by atoms with Crippen molar-refractivity contribution in [2.75, 3.05) is 38.0 Å². The zero-order valence-electron chi connectivity index (χ0n) is 12.5. The molecule has 2 N–H and O–H groups in total. The fourth-order valence-corrected chi connectivity index (χ4v) is 1.73. The molecule has 0 bridgehead atoms. The van der Waals surface area contributed by atoms with Gasteiger partial charge < -0.3 is 20.1 Å². The second-order valence-electron chi connectivity index (χ2n) is 4.37. The molecule has 116 valence electrons. The average Bonchev–Trinajstić information content (AvgIpc) is 2.55. The van der Waals surface area contributed by atoms with Crippen molar-refractivity contribution in [1.82, 2.24) is 9.97 Å². The van der Waals surface area contributed by atoms with E-state index in [1.807, 2.05) is 0 Å². The number of rotatable bonds is 7. The molecular weight excluding hydrogens is 284 g/mol. The Morgan fingerprint density at radius 2 is 2.14 bits per heavy atom. The molecule has 0 fully saturated rings. The molecule has 0 aliphatic heterocycles. The minimum absolute atomic E-state index is 0.276. The summed E-state index contributed by atoms with van der Waals surface area (Å²) in [6.45, 7) is 1.10. The number of ether oxygens (including phenoxy) is 2. The quantitative estimate of drug-likeness (QED) is 0.759. The maximum absolute atomic E-state index is 12.2. The third-order valence-electron chi connectivity index (χ3n) is 2.81. The van der Waals surface area contributed by atoms with Gasteiger partial charge in [0.2, 0.25) is 5.95 Å². The van der Waals surface area contributed by atoms with Crippen LogP contribution in [0.1, 0.15) is 10.5 Å². The lowest BCUT2D eigenvalue weighted by Gasteiger charge is -2.08. The molecule has 1 aromatic heterocycles. The van der Waals surface area contributed by atoms with Crippen LogP contribution in [0, 0.1) is 0 Å². The second kappa shape index (κ2) is 7.94. The summed E-state index contributed by atoms with van der Waals surface area (Å²) < 4.78 is 10.1. The highest BCUT2D eigenvalue weighted by molar-refractivity contribution is 6.03. The number of methoxy groups -OCH3 is 2. The molecule has 2 rings (SSSR count). The van der Waals surface area contributed by atoms with Crippen LogP contribution in [0.4, 0.5) is 11.6 Å². The Kier molecular flexibility index (Phi) is 5.67. The second-order valence-corrected chi connectivity index (χ2v) is 4.37. The van der Waals surface area contributed by atoms with Gasteiger partial charge in [0.1, 0.15) is 11.4 Å². The number of hydrogen-bond donors (Lipinski definition) is 2. The van der Waals surface area contributed by atoms with Gasteiger partial charge in [0.15, 0.2) is 0 Å². The van der Waals surface area contributed by atoms with Crippen LogP contribution < -0.4 is 15.4 Å². The third kappa shape index (κ3) is 4.42. The number of amides is 1. The van der Waals surface area contributed by atoms with Gasteiger partial charge in [-0.1, -0.05) is 6.07 Å². The van der Waals surface area contributed by atoms with Crippen LogP contribution in [-0.2, 0) is 4.74 Å². The molecule has 0 spiro atoms. The lowest BCUT2D eigenvalue weighted by Crippen LogP contribution is -2.16. The molecular formula is C15H18N4O3. The summed E-state index contributed by atoms with van der Waals surface area (Å²) in [5.41, 5.74) is 0.912. The van der Waals surface area contributed by atoms with Crippen molar-refractivity contribution in [3.8, 4) is 5.75 Å². The van der Waals surface area contributed by atoms with Crippen LogP contribution in [0.15, 0.2) is 36.5 Å². The highest BCUT2D eigenvalue weighted by atomic mass is 16.5. The molecule has 0 saturated heterocycles. The molecule has 0 atom stereocenters. The fourth-order valence-electron chi connectivity index (χ4n) is 1.73. The molecule has 0 aliphatic rings. The van der Waals surface area contributed by atoms with Crippen molar-refractivity contribution in [2.24, 2.45) is 0 Å². The number of carbonyl (C=O) groups excluding carboxylic acids is 1. The SMILES string of the molecule is COCCNc1nccc(C(=O)Nc2cccc(OC)c2)n1. The van der Waals surface area contributed by atoms with E-state index in [4.69, 9.17) is 9.47 Å². The maximum atomic E-state index is 12.2. The van der Waals surface area contributed by atoms with Crippen molar-refractivity contribution in [3.05, 3.63) is 42.2 Å². The Morgan fingerprint density at radius 1 is 1.27 bits per heavy atom. The van der Waals surface area contributed by atoms with Crippen LogP contribution in [0.2, 0.25) is 0 Å². The van der Waals surface area contributed by atoms with Gasteiger partial charge in [0.25, 0.3) is 5.91 Å². The van der Waals surface area contributed by atoms with E-state index in [0.717, 1.165) is 0 Å². The van der Waals surface area contributed by atoms with Crippen LogP contribution in [0.3, 0.4) is 0 Å². The molecule has 1 aromatic carbocycles. The predicted octanol–water partition coefficient (Wildman–Crippen LogP) is 1.80. The standard InChI is InChI=1S/C15H18N4O3/c1-21-9-8-17-15-16-7-6-13(19-15)14(20)18-11-4-3-5-12(10-11)22-2/h3-7,10H,8-9H2,1-2H3,(H,18,20)(H,16,17,19). The Morgan fingerprint density at radius 3 is 2.91 bits per heavy atom. The summed E-state index contributed by atoms with van der Waals surface area (Å²) >= 11 is 0. The first-order chi connectivity index (χ1) is 10.7. The fraction of sp³-hybridized carbons (Fsp3) is 0.267. The van der Waals surface area contributed by atoms with Crippen LogP contribution in [0.25, 0.3) is 0 Å². The van der Waals surface area contributed by atoms with E-state index >= 15 is 0 Å². The number of hydrogen-bond acceptors (Lipinski definition) is 6. The third-order valence-corrected chi connectivity index (χ3v) is 2.81. The molecule has 7 nitrogen and oxygen atoms in total. The first-order valence-electron chi connectivity index (χ1n) is 6.74. The van der Waals surface area contributed by atoms with Gasteiger partial charge >= 0.3 is 0 Å². The molecule has 22 heavy (non-hydrogen) atoms. The Bertz CT molecular complexity index is 634. The summed E-state index contributed by atoms with van der Waals surface area (Å²) in [4.78, 5) is 20.4. The van der Waals surface area contributed by atoms with E-state index in [9.17, 15) is 4.79 Å². The normalized spacial score (nSPS) is 10.1. The molecule has 1 amide bonds. The van der Waals surface area contributed by atoms with Crippen molar-refractivity contribution in [1.29, 1.82) is 0 Å². The zero-order chi connectivity index (χ0) is 15.8. The molecule has 0 unspecified atom stereocenters. The smallest absolute Gasteiger partial charge is 0.274 e. The van der Waals surface area contributed by atoms with Gasteiger partial charge in [-0.05, 0) is 18.2 Å². The minimum Gasteiger partial charge on any atom is -0.497 e. The first kappa shape index (κ1) is 15.7. The summed E-state index contributed by atoms with van der Waals surface area (Å²) in [5.74, 6) is 0.739. The highest BCUT2D eigenvalue weighted by Crippen LogP contribution is 2.17. The van der Waals surface area contributed by atoms with Gasteiger partial charge in [-0.3, -0.25) is 4.79 Å². The van der Waals surface area contributed by atoms with Crippen LogP contribution in [-0.4, -0.2) is 43.2 Å². The number of benzene rings is 1. The van der Waals surface area contributed by atoms with E-state index < -0.39 is 0 Å². The average molecular weight is 302 g/mol. The summed E-state index contributed by atoms with van der Waals surface area (Å²) in [6, 6.07) is 8.66. The largest absolute Gasteiger partial charge is 0.497 e. The predicted molar refractivity (Wildman–Crippen MR) is 83.3 cm³/mol. The van der Waals surface area contributed by atoms with Crippen molar-refractivity contribution in [2.45, 2.75) is 0 Å². The number of nitrogens with one attached hydrogen (secondary N) is 2. The number of anilines is 2. The molecule has 1 heterocycles. The van der Waals surface area contributed by atoms with E-state index in [-0.39, 0.29) is 11.6 Å². The molecule has 0 aliphatic carbocycles. The van der Waals surface area contributed by atoms with E-state index in [1.165, 1.54) is 6.20 Å². The van der Waals surface area contributed by atoms with Crippen molar-refractivity contribution < 1.29 is 14.3 Å². The van der Waals surface area contributed by atoms with Gasteiger partial charge in [0, 0.05) is 31.6 Å². The van der Waals surface area contributed by atoms with Gasteiger partial charge in [-0.15, -0.1) is 0 Å². The summed E-state index contributed by atoms with van der Waals surface area (Å²) in [5, 5.41) is 5.74. The number of carbonyl (C=O) groups is 1. The maximum Gasteiger partial charge on any atom is 0.274 e. The van der Waals surface area contributed by atoms with Crippen LogP contribution >= 0.6 is 0 Å². The van der Waals surface area contributed by atoms with E-state index in [2.05, 4.69) is 20.6 Å². The van der Waals surface area contributed by atoms with Crippen LogP contribution in [0.5, 0.6) is 5.75 Å². The van der Waals surface area contributed by atoms with E-state index in [1.54, 1.807) is 44.6 Å².